The summed E-state index contributed by atoms with van der Waals surface area (Å²) in [5.74, 6) is 0.942. The molecule has 1 aliphatic rings. The van der Waals surface area contributed by atoms with Gasteiger partial charge in [-0.3, -0.25) is 4.57 Å². The van der Waals surface area contributed by atoms with Crippen LogP contribution < -0.4 is 9.47 Å². The molecule has 0 fully saturated rings. The Bertz CT molecular complexity index is 1780. The summed E-state index contributed by atoms with van der Waals surface area (Å²) in [4.78, 5) is 23.7. The molecule has 0 unspecified atom stereocenters. The molecule has 0 spiro atoms. The molecule has 44 heavy (non-hydrogen) atoms. The Morgan fingerprint density at radius 3 is 2.23 bits per heavy atom. The highest BCUT2D eigenvalue weighted by molar-refractivity contribution is 5.83. The van der Waals surface area contributed by atoms with Gasteiger partial charge in [0.25, 0.3) is 0 Å². The van der Waals surface area contributed by atoms with Crippen LogP contribution in [-0.4, -0.2) is 44.2 Å². The Labute approximate surface area is 257 Å². The first-order valence-electron chi connectivity index (χ1n) is 14.8. The maximum atomic E-state index is 12.5. The van der Waals surface area contributed by atoms with E-state index in [-0.39, 0.29) is 6.09 Å². The Morgan fingerprint density at radius 2 is 1.57 bits per heavy atom. The van der Waals surface area contributed by atoms with Gasteiger partial charge in [0.15, 0.2) is 0 Å². The summed E-state index contributed by atoms with van der Waals surface area (Å²) < 4.78 is 19.8. The van der Waals surface area contributed by atoms with Crippen molar-refractivity contribution in [2.45, 2.75) is 46.0 Å². The highest BCUT2D eigenvalue weighted by Gasteiger charge is 2.24. The summed E-state index contributed by atoms with van der Waals surface area (Å²) in [6.07, 6.45) is 4.36. The first-order valence-corrected chi connectivity index (χ1v) is 14.8. The van der Waals surface area contributed by atoms with Crippen LogP contribution in [0.5, 0.6) is 11.8 Å². The van der Waals surface area contributed by atoms with Crippen molar-refractivity contribution < 1.29 is 19.0 Å². The van der Waals surface area contributed by atoms with Gasteiger partial charge in [0, 0.05) is 19.2 Å². The highest BCUT2D eigenvalue weighted by atomic mass is 16.6. The van der Waals surface area contributed by atoms with E-state index in [0.717, 1.165) is 39.8 Å². The molecule has 3 heterocycles. The standard InChI is InChI=1S/C36H36N4O4/c1-36(2,3)44-35(41)39-20-18-28(19-21-39)29-14-15-31-30(22-29)37-25-40(31)32-16-17-33(42-23-26-10-6-4-7-11-26)38-34(32)43-24-27-12-8-5-9-13-27/h4-18,22,25H,19-21,23-24H2,1-3H3. The fraction of sp³-hybridized carbons (Fsp3) is 0.250. The van der Waals surface area contributed by atoms with Gasteiger partial charge >= 0.3 is 6.09 Å². The van der Waals surface area contributed by atoms with Crippen molar-refractivity contribution in [1.29, 1.82) is 0 Å². The zero-order valence-corrected chi connectivity index (χ0v) is 25.3. The lowest BCUT2D eigenvalue weighted by Gasteiger charge is -2.29. The molecule has 1 amide bonds. The van der Waals surface area contributed by atoms with Gasteiger partial charge in [-0.25, -0.2) is 9.78 Å². The summed E-state index contributed by atoms with van der Waals surface area (Å²) in [6, 6.07) is 30.1. The first kappa shape index (κ1) is 29.0. The minimum Gasteiger partial charge on any atom is -0.473 e. The number of benzene rings is 3. The van der Waals surface area contributed by atoms with Gasteiger partial charge in [0.2, 0.25) is 11.8 Å². The molecule has 0 bridgehead atoms. The first-order chi connectivity index (χ1) is 21.3. The van der Waals surface area contributed by atoms with Crippen LogP contribution in [0.1, 0.15) is 43.9 Å². The minimum atomic E-state index is -0.511. The van der Waals surface area contributed by atoms with E-state index in [2.05, 4.69) is 24.3 Å². The number of pyridine rings is 1. The largest absolute Gasteiger partial charge is 0.473 e. The molecule has 5 aromatic rings. The van der Waals surface area contributed by atoms with Crippen LogP contribution in [0, 0.1) is 0 Å². The topological polar surface area (TPSA) is 78.7 Å². The molecule has 224 valence electrons. The maximum Gasteiger partial charge on any atom is 0.410 e. The van der Waals surface area contributed by atoms with Crippen molar-refractivity contribution >= 4 is 22.7 Å². The summed E-state index contributed by atoms with van der Waals surface area (Å²) in [5, 5.41) is 0. The molecule has 8 nitrogen and oxygen atoms in total. The minimum absolute atomic E-state index is 0.280. The van der Waals surface area contributed by atoms with Crippen molar-refractivity contribution in [2.75, 3.05) is 13.1 Å². The number of carbonyl (C=O) groups excluding carboxylic acids is 1. The van der Waals surface area contributed by atoms with Crippen LogP contribution in [0.15, 0.2) is 103 Å². The van der Waals surface area contributed by atoms with E-state index >= 15 is 0 Å². The molecule has 0 radical (unpaired) electrons. The number of nitrogens with zero attached hydrogens (tertiary/aromatic N) is 4. The van der Waals surface area contributed by atoms with Gasteiger partial charge < -0.3 is 19.1 Å². The van der Waals surface area contributed by atoms with E-state index in [9.17, 15) is 4.79 Å². The SMILES string of the molecule is CC(C)(C)OC(=O)N1CC=C(c2ccc3c(c2)ncn3-c2ccc(OCc3ccccc3)nc2OCc2ccccc2)CC1. The Kier molecular flexibility index (Phi) is 8.32. The van der Waals surface area contributed by atoms with Gasteiger partial charge in [0.1, 0.15) is 30.8 Å². The number of hydrogen-bond donors (Lipinski definition) is 0. The lowest BCUT2D eigenvalue weighted by atomic mass is 9.99. The predicted molar refractivity (Wildman–Crippen MR) is 171 cm³/mol. The Morgan fingerprint density at radius 1 is 0.864 bits per heavy atom. The molecule has 0 atom stereocenters. The van der Waals surface area contributed by atoms with Gasteiger partial charge in [-0.05, 0) is 67.7 Å². The number of rotatable bonds is 8. The Balaban J connectivity index is 1.24. The molecule has 6 rings (SSSR count). The second kappa shape index (κ2) is 12.6. The summed E-state index contributed by atoms with van der Waals surface area (Å²) >= 11 is 0. The van der Waals surface area contributed by atoms with E-state index in [4.69, 9.17) is 24.2 Å². The van der Waals surface area contributed by atoms with Crippen LogP contribution in [0.3, 0.4) is 0 Å². The maximum absolute atomic E-state index is 12.5. The molecule has 0 saturated carbocycles. The molecule has 8 heteroatoms. The fourth-order valence-electron chi connectivity index (χ4n) is 5.07. The summed E-state index contributed by atoms with van der Waals surface area (Å²) in [5.41, 5.74) is 6.44. The molecular weight excluding hydrogens is 552 g/mol. The summed E-state index contributed by atoms with van der Waals surface area (Å²) in [7, 11) is 0. The van der Waals surface area contributed by atoms with E-state index in [1.807, 2.05) is 98.1 Å². The van der Waals surface area contributed by atoms with Crippen LogP contribution >= 0.6 is 0 Å². The number of aromatic nitrogens is 3. The normalized spacial score (nSPS) is 13.4. The number of carbonyl (C=O) groups is 1. The third-order valence-corrected chi connectivity index (χ3v) is 7.30. The second-order valence-corrected chi connectivity index (χ2v) is 11.7. The number of ether oxygens (including phenoxy) is 3. The van der Waals surface area contributed by atoms with Crippen molar-refractivity contribution in [2.24, 2.45) is 0 Å². The average molecular weight is 589 g/mol. The average Bonchev–Trinajstić information content (AvgIpc) is 3.46. The monoisotopic (exact) mass is 588 g/mol. The van der Waals surface area contributed by atoms with Crippen molar-refractivity contribution in [1.82, 2.24) is 19.4 Å². The molecule has 0 saturated heterocycles. The molecule has 1 aliphatic heterocycles. The van der Waals surface area contributed by atoms with Crippen LogP contribution in [-0.2, 0) is 18.0 Å². The number of hydrogen-bond acceptors (Lipinski definition) is 6. The second-order valence-electron chi connectivity index (χ2n) is 11.7. The number of fused-ring (bicyclic) bond motifs is 1. The zero-order valence-electron chi connectivity index (χ0n) is 25.3. The van der Waals surface area contributed by atoms with E-state index in [0.29, 0.717) is 38.1 Å². The van der Waals surface area contributed by atoms with Gasteiger partial charge in [-0.1, -0.05) is 72.8 Å². The number of imidazole rings is 1. The number of amides is 1. The van der Waals surface area contributed by atoms with E-state index < -0.39 is 5.60 Å². The Hall–Kier alpha value is -5.11. The third-order valence-electron chi connectivity index (χ3n) is 7.30. The van der Waals surface area contributed by atoms with Crippen LogP contribution in [0.4, 0.5) is 4.79 Å². The molecular formula is C36H36N4O4. The zero-order chi connectivity index (χ0) is 30.5. The van der Waals surface area contributed by atoms with Crippen molar-refractivity contribution in [3.05, 3.63) is 120 Å². The van der Waals surface area contributed by atoms with Crippen molar-refractivity contribution in [3.8, 4) is 17.4 Å². The smallest absolute Gasteiger partial charge is 0.410 e. The van der Waals surface area contributed by atoms with E-state index in [1.165, 1.54) is 5.57 Å². The van der Waals surface area contributed by atoms with Crippen molar-refractivity contribution in [3.63, 3.8) is 0 Å². The van der Waals surface area contributed by atoms with Gasteiger partial charge in [0.05, 0.1) is 11.0 Å². The third kappa shape index (κ3) is 6.92. The molecule has 3 aromatic carbocycles. The van der Waals surface area contributed by atoms with Gasteiger partial charge in [-0.2, -0.15) is 4.98 Å². The predicted octanol–water partition coefficient (Wildman–Crippen LogP) is 7.60. The summed E-state index contributed by atoms with van der Waals surface area (Å²) in [6.45, 7) is 7.55. The quantitative estimate of drug-likeness (QED) is 0.186. The lowest BCUT2D eigenvalue weighted by Crippen LogP contribution is -2.39. The molecule has 2 aromatic heterocycles. The van der Waals surface area contributed by atoms with E-state index in [1.54, 1.807) is 11.2 Å². The highest BCUT2D eigenvalue weighted by Crippen LogP contribution is 2.31. The lowest BCUT2D eigenvalue weighted by molar-refractivity contribution is 0.0270. The fourth-order valence-corrected chi connectivity index (χ4v) is 5.07. The van der Waals surface area contributed by atoms with Crippen LogP contribution in [0.25, 0.3) is 22.3 Å². The molecule has 0 N–H and O–H groups in total. The molecule has 0 aliphatic carbocycles. The van der Waals surface area contributed by atoms with Crippen LogP contribution in [0.2, 0.25) is 0 Å². The van der Waals surface area contributed by atoms with Gasteiger partial charge in [-0.15, -0.1) is 0 Å².